The lowest BCUT2D eigenvalue weighted by atomic mass is 10.2. The van der Waals surface area contributed by atoms with Crippen LogP contribution in [0.3, 0.4) is 0 Å². The molecule has 0 heterocycles. The van der Waals surface area contributed by atoms with Gasteiger partial charge in [-0.15, -0.1) is 0 Å². The Balaban J connectivity index is 0.000000291. The van der Waals surface area contributed by atoms with E-state index in [9.17, 15) is 19.7 Å². The first kappa shape index (κ1) is 23.6. The summed E-state index contributed by atoms with van der Waals surface area (Å²) in [5.74, 6) is 0.861. The van der Waals surface area contributed by atoms with E-state index in [1.165, 1.54) is 19.1 Å². The second-order valence-corrected chi connectivity index (χ2v) is 6.40. The average molecular weight is 401 g/mol. The fourth-order valence-corrected chi connectivity index (χ4v) is 2.08. The van der Waals surface area contributed by atoms with Crippen LogP contribution in [-0.2, 0) is 16.1 Å². The summed E-state index contributed by atoms with van der Waals surface area (Å²) in [6, 6.07) is 15.7. The van der Waals surface area contributed by atoms with Gasteiger partial charge in [0.2, 0.25) is 11.8 Å². The molecule has 0 aliphatic heterocycles. The van der Waals surface area contributed by atoms with E-state index >= 15 is 0 Å². The molecule has 8 heteroatoms. The molecule has 0 bridgehead atoms. The van der Waals surface area contributed by atoms with E-state index in [1.807, 2.05) is 30.3 Å². The number of carbonyl (C=O) groups is 2. The molecule has 0 aliphatic carbocycles. The van der Waals surface area contributed by atoms with Gasteiger partial charge in [0.1, 0.15) is 12.4 Å². The second-order valence-electron chi connectivity index (χ2n) is 6.40. The number of benzene rings is 2. The van der Waals surface area contributed by atoms with Gasteiger partial charge in [-0.2, -0.15) is 0 Å². The Morgan fingerprint density at radius 2 is 1.48 bits per heavy atom. The lowest BCUT2D eigenvalue weighted by Crippen LogP contribution is -2.28. The number of para-hydroxylation sites is 1. The molecule has 2 amide bonds. The third-order valence-electron chi connectivity index (χ3n) is 4.08. The Labute approximate surface area is 170 Å². The van der Waals surface area contributed by atoms with Crippen molar-refractivity contribution in [1.29, 1.82) is 0 Å². The highest BCUT2D eigenvalue weighted by molar-refractivity contribution is 5.73. The molecule has 0 radical (unpaired) electrons. The standard InChI is InChI=1S/C11H15NO2.C10H12N2O3/c1-10(13)12(2)8-9-14-11-6-4-3-5-7-11;1-8(13)11(2)7-9-3-5-10(6-4-9)12(14)15/h3-7H,8-9H2,1-2H3;3-6H,7H2,1-2H3. The first-order chi connectivity index (χ1) is 13.7. The van der Waals surface area contributed by atoms with Crippen molar-refractivity contribution < 1.29 is 19.2 Å². The molecular formula is C21H27N3O5. The summed E-state index contributed by atoms with van der Waals surface area (Å²) >= 11 is 0. The molecule has 0 saturated carbocycles. The summed E-state index contributed by atoms with van der Waals surface area (Å²) in [6.07, 6.45) is 0. The minimum absolute atomic E-state index is 0.0339. The molecule has 0 atom stereocenters. The molecule has 0 fully saturated rings. The van der Waals surface area contributed by atoms with Gasteiger partial charge in [-0.05, 0) is 17.7 Å². The lowest BCUT2D eigenvalue weighted by molar-refractivity contribution is -0.384. The molecular weight excluding hydrogens is 374 g/mol. The first-order valence-electron chi connectivity index (χ1n) is 9.05. The molecule has 0 aliphatic rings. The van der Waals surface area contributed by atoms with Crippen LogP contribution in [-0.4, -0.2) is 53.8 Å². The van der Waals surface area contributed by atoms with Gasteiger partial charge in [-0.25, -0.2) is 0 Å². The van der Waals surface area contributed by atoms with Gasteiger partial charge in [0.05, 0.1) is 11.5 Å². The molecule has 0 aromatic heterocycles. The van der Waals surface area contributed by atoms with E-state index in [1.54, 1.807) is 43.0 Å². The smallest absolute Gasteiger partial charge is 0.269 e. The molecule has 156 valence electrons. The van der Waals surface area contributed by atoms with Gasteiger partial charge in [-0.3, -0.25) is 19.7 Å². The van der Waals surface area contributed by atoms with E-state index in [0.29, 0.717) is 19.7 Å². The highest BCUT2D eigenvalue weighted by Crippen LogP contribution is 2.13. The van der Waals surface area contributed by atoms with Crippen molar-refractivity contribution in [3.8, 4) is 5.75 Å². The number of likely N-dealkylation sites (N-methyl/N-ethyl adjacent to an activating group) is 1. The number of nitrogens with zero attached hydrogens (tertiary/aromatic N) is 3. The molecule has 2 aromatic carbocycles. The molecule has 0 N–H and O–H groups in total. The van der Waals surface area contributed by atoms with E-state index in [0.717, 1.165) is 11.3 Å². The van der Waals surface area contributed by atoms with Crippen molar-refractivity contribution in [2.24, 2.45) is 0 Å². The highest BCUT2D eigenvalue weighted by Gasteiger charge is 2.06. The van der Waals surface area contributed by atoms with Gasteiger partial charge >= 0.3 is 0 Å². The topological polar surface area (TPSA) is 93.0 Å². The lowest BCUT2D eigenvalue weighted by Gasteiger charge is -2.14. The van der Waals surface area contributed by atoms with Gasteiger partial charge in [-0.1, -0.05) is 30.3 Å². The number of amides is 2. The van der Waals surface area contributed by atoms with E-state index in [-0.39, 0.29) is 17.5 Å². The Morgan fingerprint density at radius 3 is 1.97 bits per heavy atom. The SMILES string of the molecule is CC(=O)N(C)CCOc1ccccc1.CC(=O)N(C)Cc1ccc([N+](=O)[O-])cc1. The normalized spacial score (nSPS) is 9.66. The van der Waals surface area contributed by atoms with E-state index in [2.05, 4.69) is 0 Å². The Kier molecular flexibility index (Phi) is 9.87. The summed E-state index contributed by atoms with van der Waals surface area (Å²) in [7, 11) is 3.44. The van der Waals surface area contributed by atoms with Crippen LogP contribution in [0.1, 0.15) is 19.4 Å². The van der Waals surface area contributed by atoms with Crippen LogP contribution >= 0.6 is 0 Å². The molecule has 2 rings (SSSR count). The van der Waals surface area contributed by atoms with Gasteiger partial charge < -0.3 is 14.5 Å². The highest BCUT2D eigenvalue weighted by atomic mass is 16.6. The maximum Gasteiger partial charge on any atom is 0.269 e. The molecule has 0 saturated heterocycles. The number of non-ortho nitro benzene ring substituents is 1. The molecule has 29 heavy (non-hydrogen) atoms. The third kappa shape index (κ3) is 9.37. The Morgan fingerprint density at radius 1 is 0.931 bits per heavy atom. The Hall–Kier alpha value is -3.42. The number of carbonyl (C=O) groups excluding carboxylic acids is 2. The van der Waals surface area contributed by atoms with Gasteiger partial charge in [0, 0.05) is 46.6 Å². The quantitative estimate of drug-likeness (QED) is 0.525. The van der Waals surface area contributed by atoms with Crippen molar-refractivity contribution in [1.82, 2.24) is 9.80 Å². The summed E-state index contributed by atoms with van der Waals surface area (Å²) < 4.78 is 5.43. The number of rotatable bonds is 7. The van der Waals surface area contributed by atoms with Crippen LogP contribution in [0.25, 0.3) is 0 Å². The van der Waals surface area contributed by atoms with Gasteiger partial charge in [0.25, 0.3) is 5.69 Å². The Bertz CT molecular complexity index is 794. The van der Waals surface area contributed by atoms with E-state index < -0.39 is 4.92 Å². The fourth-order valence-electron chi connectivity index (χ4n) is 2.08. The second kappa shape index (κ2) is 12.1. The maximum atomic E-state index is 10.9. The minimum Gasteiger partial charge on any atom is -0.492 e. The van der Waals surface area contributed by atoms with Crippen LogP contribution in [0.4, 0.5) is 5.69 Å². The van der Waals surface area contributed by atoms with Crippen LogP contribution < -0.4 is 4.74 Å². The largest absolute Gasteiger partial charge is 0.492 e. The van der Waals surface area contributed by atoms with Crippen molar-refractivity contribution in [2.45, 2.75) is 20.4 Å². The van der Waals surface area contributed by atoms with Crippen molar-refractivity contribution >= 4 is 17.5 Å². The van der Waals surface area contributed by atoms with Crippen molar-refractivity contribution in [3.05, 3.63) is 70.3 Å². The molecule has 0 spiro atoms. The predicted molar refractivity (Wildman–Crippen MR) is 110 cm³/mol. The maximum absolute atomic E-state index is 10.9. The van der Waals surface area contributed by atoms with Crippen LogP contribution in [0, 0.1) is 10.1 Å². The number of nitro benzene ring substituents is 1. The van der Waals surface area contributed by atoms with Crippen LogP contribution in [0.2, 0.25) is 0 Å². The summed E-state index contributed by atoms with van der Waals surface area (Å²) in [6.45, 7) is 4.63. The predicted octanol–water partition coefficient (Wildman–Crippen LogP) is 3.12. The summed E-state index contributed by atoms with van der Waals surface area (Å²) in [5.41, 5.74) is 0.933. The fraction of sp³-hybridized carbons (Fsp3) is 0.333. The van der Waals surface area contributed by atoms with Crippen LogP contribution in [0.5, 0.6) is 5.75 Å². The first-order valence-corrected chi connectivity index (χ1v) is 9.05. The zero-order valence-corrected chi connectivity index (χ0v) is 17.2. The zero-order chi connectivity index (χ0) is 21.8. The molecule has 2 aromatic rings. The number of hydrogen-bond acceptors (Lipinski definition) is 5. The number of hydrogen-bond donors (Lipinski definition) is 0. The zero-order valence-electron chi connectivity index (χ0n) is 17.2. The number of nitro groups is 1. The molecule has 8 nitrogen and oxygen atoms in total. The van der Waals surface area contributed by atoms with Crippen molar-refractivity contribution in [3.63, 3.8) is 0 Å². The average Bonchev–Trinajstić information content (AvgIpc) is 2.69. The van der Waals surface area contributed by atoms with E-state index in [4.69, 9.17) is 4.74 Å². The minimum atomic E-state index is -0.446. The van der Waals surface area contributed by atoms with Crippen molar-refractivity contribution in [2.75, 3.05) is 27.2 Å². The molecule has 0 unspecified atom stereocenters. The van der Waals surface area contributed by atoms with Gasteiger partial charge in [0.15, 0.2) is 0 Å². The summed E-state index contributed by atoms with van der Waals surface area (Å²) in [4.78, 5) is 34.9. The number of ether oxygens (including phenoxy) is 1. The van der Waals surface area contributed by atoms with Crippen LogP contribution in [0.15, 0.2) is 54.6 Å². The summed E-state index contributed by atoms with van der Waals surface area (Å²) in [5, 5.41) is 10.4. The third-order valence-corrected chi connectivity index (χ3v) is 4.08. The monoisotopic (exact) mass is 401 g/mol.